The molecule has 1 amide bonds. The molecule has 0 fully saturated rings. The fraction of sp³-hybridized carbons (Fsp3) is 0.478. The van der Waals surface area contributed by atoms with E-state index in [0.717, 1.165) is 24.8 Å². The van der Waals surface area contributed by atoms with Crippen LogP contribution in [-0.2, 0) is 4.79 Å². The summed E-state index contributed by atoms with van der Waals surface area (Å²) in [5.41, 5.74) is 0.285. The zero-order valence-corrected chi connectivity index (χ0v) is 17.6. The number of ether oxygens (including phenoxy) is 2. The number of hydrogen-bond donors (Lipinski definition) is 0. The number of nitrogens with zero attached hydrogens (tertiary/aromatic N) is 1. The Kier molecular flexibility index (Phi) is 6.30. The highest BCUT2D eigenvalue weighted by Crippen LogP contribution is 2.43. The van der Waals surface area contributed by atoms with E-state index in [2.05, 4.69) is 6.92 Å². The molecule has 0 saturated carbocycles. The second-order valence-corrected chi connectivity index (χ2v) is 7.95. The Labute approximate surface area is 171 Å². The van der Waals surface area contributed by atoms with Crippen LogP contribution in [0.25, 0.3) is 17.0 Å². The van der Waals surface area contributed by atoms with E-state index < -0.39 is 11.2 Å². The molecule has 0 unspecified atom stereocenters. The molecular weight excluding hydrogens is 370 g/mol. The smallest absolute Gasteiger partial charge is 0.336 e. The lowest BCUT2D eigenvalue weighted by Gasteiger charge is -2.29. The highest BCUT2D eigenvalue weighted by atomic mass is 16.5. The van der Waals surface area contributed by atoms with Crippen molar-refractivity contribution in [2.75, 3.05) is 20.2 Å². The van der Waals surface area contributed by atoms with E-state index >= 15 is 0 Å². The van der Waals surface area contributed by atoms with E-state index in [1.807, 2.05) is 39.1 Å². The van der Waals surface area contributed by atoms with Crippen molar-refractivity contribution in [1.29, 1.82) is 0 Å². The third-order valence-corrected chi connectivity index (χ3v) is 4.95. The quantitative estimate of drug-likeness (QED) is 0.486. The van der Waals surface area contributed by atoms with Gasteiger partial charge in [0.25, 0.3) is 0 Å². The van der Waals surface area contributed by atoms with Gasteiger partial charge in [-0.2, -0.15) is 0 Å². The Morgan fingerprint density at radius 1 is 1.24 bits per heavy atom. The van der Waals surface area contributed by atoms with Gasteiger partial charge in [0.15, 0.2) is 11.5 Å². The van der Waals surface area contributed by atoms with E-state index in [-0.39, 0.29) is 5.91 Å². The number of hydrogen-bond acceptors (Lipinski definition) is 5. The average molecular weight is 399 g/mol. The van der Waals surface area contributed by atoms with Crippen LogP contribution in [0.5, 0.6) is 11.5 Å². The Morgan fingerprint density at radius 2 is 2.03 bits per heavy atom. The summed E-state index contributed by atoms with van der Waals surface area (Å²) in [6.07, 6.45) is 6.97. The summed E-state index contributed by atoms with van der Waals surface area (Å²) in [7, 11) is 1.84. The van der Waals surface area contributed by atoms with Gasteiger partial charge >= 0.3 is 5.63 Å². The average Bonchev–Trinajstić information content (AvgIpc) is 2.68. The van der Waals surface area contributed by atoms with Gasteiger partial charge in [-0.15, -0.1) is 0 Å². The first-order valence-electron chi connectivity index (χ1n) is 10.2. The zero-order valence-electron chi connectivity index (χ0n) is 17.6. The van der Waals surface area contributed by atoms with Crippen LogP contribution in [0.2, 0.25) is 0 Å². The molecule has 6 heteroatoms. The first-order valence-corrected chi connectivity index (χ1v) is 10.2. The Bertz CT molecular complexity index is 973. The van der Waals surface area contributed by atoms with Gasteiger partial charge in [0.05, 0.1) is 12.2 Å². The van der Waals surface area contributed by atoms with Crippen LogP contribution in [0.3, 0.4) is 0 Å². The number of amides is 1. The standard InChI is InChI=1S/C23H29NO5/c1-5-6-13-24(4)19(25)8-7-14-27-18-15-16-9-10-20(26)28-21(16)17-11-12-23(2,3)29-22(17)18/h9-12,15H,5-8,13-14H2,1-4H3. The van der Waals surface area contributed by atoms with Gasteiger partial charge in [-0.05, 0) is 51.0 Å². The largest absolute Gasteiger partial charge is 0.490 e. The summed E-state index contributed by atoms with van der Waals surface area (Å²) in [6, 6.07) is 4.93. The first kappa shape index (κ1) is 21.0. The lowest BCUT2D eigenvalue weighted by atomic mass is 10.00. The van der Waals surface area contributed by atoms with Crippen molar-refractivity contribution < 1.29 is 18.7 Å². The molecular formula is C23H29NO5. The van der Waals surface area contributed by atoms with Crippen molar-refractivity contribution in [3.8, 4) is 11.5 Å². The lowest BCUT2D eigenvalue weighted by Crippen LogP contribution is -2.28. The summed E-state index contributed by atoms with van der Waals surface area (Å²) in [6.45, 7) is 7.20. The normalized spacial score (nSPS) is 14.3. The molecule has 0 N–H and O–H groups in total. The molecule has 3 rings (SSSR count). The van der Waals surface area contributed by atoms with E-state index in [9.17, 15) is 9.59 Å². The Hall–Kier alpha value is -2.76. The molecule has 1 aromatic carbocycles. The number of carbonyl (C=O) groups excluding carboxylic acids is 1. The molecule has 156 valence electrons. The number of fused-ring (bicyclic) bond motifs is 3. The van der Waals surface area contributed by atoms with E-state index in [4.69, 9.17) is 13.9 Å². The minimum atomic E-state index is -0.494. The predicted octanol–water partition coefficient (Wildman–Crippen LogP) is 4.39. The van der Waals surface area contributed by atoms with Crippen molar-refractivity contribution in [2.24, 2.45) is 0 Å². The monoisotopic (exact) mass is 399 g/mol. The van der Waals surface area contributed by atoms with Gasteiger partial charge in [-0.3, -0.25) is 4.79 Å². The molecule has 0 radical (unpaired) electrons. The van der Waals surface area contributed by atoms with Gasteiger partial charge in [0.1, 0.15) is 11.2 Å². The fourth-order valence-electron chi connectivity index (χ4n) is 3.26. The van der Waals surface area contributed by atoms with Gasteiger partial charge in [0, 0.05) is 31.5 Å². The number of rotatable bonds is 8. The van der Waals surface area contributed by atoms with E-state index in [1.54, 1.807) is 11.0 Å². The molecule has 2 aromatic rings. The second kappa shape index (κ2) is 8.72. The maximum absolute atomic E-state index is 12.2. The summed E-state index contributed by atoms with van der Waals surface area (Å²) in [5, 5.41) is 0.765. The highest BCUT2D eigenvalue weighted by Gasteiger charge is 2.27. The molecule has 29 heavy (non-hydrogen) atoms. The maximum atomic E-state index is 12.2. The van der Waals surface area contributed by atoms with Crippen molar-refractivity contribution in [1.82, 2.24) is 4.90 Å². The summed E-state index contributed by atoms with van der Waals surface area (Å²) in [4.78, 5) is 25.6. The topological polar surface area (TPSA) is 69.0 Å². The molecule has 0 spiro atoms. The van der Waals surface area contributed by atoms with Crippen LogP contribution in [-0.4, -0.2) is 36.6 Å². The summed E-state index contributed by atoms with van der Waals surface area (Å²) in [5.74, 6) is 1.28. The molecule has 0 aliphatic carbocycles. The van der Waals surface area contributed by atoms with Crippen LogP contribution in [0.1, 0.15) is 52.0 Å². The Morgan fingerprint density at radius 3 is 2.79 bits per heavy atom. The third kappa shape index (κ3) is 5.00. The molecule has 6 nitrogen and oxygen atoms in total. The Balaban J connectivity index is 1.75. The van der Waals surface area contributed by atoms with Crippen LogP contribution in [0, 0.1) is 0 Å². The van der Waals surface area contributed by atoms with Crippen molar-refractivity contribution in [3.63, 3.8) is 0 Å². The number of benzene rings is 1. The van der Waals surface area contributed by atoms with Gasteiger partial charge in [0.2, 0.25) is 5.91 Å². The van der Waals surface area contributed by atoms with Crippen LogP contribution in [0.4, 0.5) is 0 Å². The maximum Gasteiger partial charge on any atom is 0.336 e. The molecule has 2 heterocycles. The molecule has 1 aliphatic rings. The molecule has 0 saturated heterocycles. The number of carbonyl (C=O) groups is 1. The van der Waals surface area contributed by atoms with Crippen LogP contribution >= 0.6 is 0 Å². The summed E-state index contributed by atoms with van der Waals surface area (Å²) < 4.78 is 17.5. The SMILES string of the molecule is CCCCN(C)C(=O)CCCOc1cc2ccc(=O)oc2c2c1OC(C)(C)C=C2. The summed E-state index contributed by atoms with van der Waals surface area (Å²) >= 11 is 0. The minimum absolute atomic E-state index is 0.129. The van der Waals surface area contributed by atoms with Crippen molar-refractivity contribution in [2.45, 2.75) is 52.1 Å². The van der Waals surface area contributed by atoms with Gasteiger partial charge < -0.3 is 18.8 Å². The molecule has 1 aliphatic heterocycles. The van der Waals surface area contributed by atoms with Crippen LogP contribution in [0.15, 0.2) is 33.5 Å². The first-order chi connectivity index (χ1) is 13.8. The third-order valence-electron chi connectivity index (χ3n) is 4.95. The van der Waals surface area contributed by atoms with Crippen molar-refractivity contribution >= 4 is 23.0 Å². The van der Waals surface area contributed by atoms with Gasteiger partial charge in [-0.25, -0.2) is 4.79 Å². The molecule has 0 bridgehead atoms. The number of unbranched alkanes of at least 4 members (excludes halogenated alkanes) is 1. The molecule has 1 aromatic heterocycles. The van der Waals surface area contributed by atoms with E-state index in [1.165, 1.54) is 6.07 Å². The van der Waals surface area contributed by atoms with Crippen molar-refractivity contribution in [3.05, 3.63) is 40.3 Å². The second-order valence-electron chi connectivity index (χ2n) is 7.95. The van der Waals surface area contributed by atoms with E-state index in [0.29, 0.717) is 42.1 Å². The zero-order chi connectivity index (χ0) is 21.0. The fourth-order valence-corrected chi connectivity index (χ4v) is 3.26. The lowest BCUT2D eigenvalue weighted by molar-refractivity contribution is -0.130. The van der Waals surface area contributed by atoms with Crippen LogP contribution < -0.4 is 15.1 Å². The minimum Gasteiger partial charge on any atom is -0.490 e. The van der Waals surface area contributed by atoms with Gasteiger partial charge in [-0.1, -0.05) is 13.3 Å². The molecule has 0 atom stereocenters. The predicted molar refractivity (Wildman–Crippen MR) is 113 cm³/mol. The highest BCUT2D eigenvalue weighted by molar-refractivity contribution is 5.91.